The van der Waals surface area contributed by atoms with Crippen LogP contribution in [0.25, 0.3) is 11.3 Å². The second-order valence-electron chi connectivity index (χ2n) is 2.58. The molecule has 0 aliphatic heterocycles. The van der Waals surface area contributed by atoms with Crippen molar-refractivity contribution in [3.8, 4) is 17.3 Å². The summed E-state index contributed by atoms with van der Waals surface area (Å²) >= 11 is 0. The smallest absolute Gasteiger partial charge is 0.124 e. The van der Waals surface area contributed by atoms with Crippen molar-refractivity contribution in [2.24, 2.45) is 0 Å². The van der Waals surface area contributed by atoms with Gasteiger partial charge in [-0.2, -0.15) is 5.26 Å². The fourth-order valence-corrected chi connectivity index (χ4v) is 1.11. The Bertz CT molecular complexity index is 440. The largest absolute Gasteiger partial charge is 0.364 e. The molecule has 0 saturated carbocycles. The minimum atomic E-state index is 0.625. The average Bonchev–Trinajstić information content (AvgIpc) is 2.71. The molecule has 0 fully saturated rings. The van der Waals surface area contributed by atoms with Gasteiger partial charge in [-0.3, -0.25) is 0 Å². The van der Waals surface area contributed by atoms with Crippen molar-refractivity contribution in [3.63, 3.8) is 0 Å². The lowest BCUT2D eigenvalue weighted by molar-refractivity contribution is 0.422. The molecule has 0 N–H and O–H groups in total. The predicted octanol–water partition coefficient (Wildman–Crippen LogP) is 2.21. The standard InChI is InChI=1S/C10H6N2O/c11-7-8-2-1-3-9(6-8)10-4-5-13-12-10/h1-6H. The number of rotatable bonds is 1. The second kappa shape index (κ2) is 3.11. The van der Waals surface area contributed by atoms with E-state index in [0.29, 0.717) is 5.56 Å². The van der Waals surface area contributed by atoms with Crippen molar-refractivity contribution in [1.82, 2.24) is 5.16 Å². The minimum Gasteiger partial charge on any atom is -0.364 e. The molecule has 0 aliphatic carbocycles. The Labute approximate surface area is 75.2 Å². The maximum Gasteiger partial charge on any atom is 0.124 e. The molecule has 1 aromatic heterocycles. The first-order chi connectivity index (χ1) is 6.40. The summed E-state index contributed by atoms with van der Waals surface area (Å²) in [5, 5.41) is 12.4. The molecular weight excluding hydrogens is 164 g/mol. The SMILES string of the molecule is N#Cc1cccc(-c2ccon2)c1. The normalized spacial score (nSPS) is 9.46. The van der Waals surface area contributed by atoms with E-state index >= 15 is 0 Å². The van der Waals surface area contributed by atoms with Crippen LogP contribution in [0.2, 0.25) is 0 Å². The Balaban J connectivity index is 2.49. The van der Waals surface area contributed by atoms with Gasteiger partial charge in [-0.05, 0) is 12.1 Å². The molecule has 1 aromatic carbocycles. The first kappa shape index (κ1) is 7.56. The predicted molar refractivity (Wildman–Crippen MR) is 46.7 cm³/mol. The van der Waals surface area contributed by atoms with Crippen molar-refractivity contribution < 1.29 is 4.52 Å². The molecule has 0 spiro atoms. The van der Waals surface area contributed by atoms with Crippen molar-refractivity contribution in [1.29, 1.82) is 5.26 Å². The minimum absolute atomic E-state index is 0.625. The highest BCUT2D eigenvalue weighted by Gasteiger charge is 2.00. The van der Waals surface area contributed by atoms with Gasteiger partial charge in [0.1, 0.15) is 12.0 Å². The molecule has 0 radical (unpaired) electrons. The monoisotopic (exact) mass is 170 g/mol. The zero-order valence-corrected chi connectivity index (χ0v) is 6.77. The Kier molecular flexibility index (Phi) is 1.81. The summed E-state index contributed by atoms with van der Waals surface area (Å²) in [5.41, 5.74) is 2.27. The molecule has 62 valence electrons. The molecule has 0 bridgehead atoms. The lowest BCUT2D eigenvalue weighted by Gasteiger charge is -1.94. The highest BCUT2D eigenvalue weighted by molar-refractivity contribution is 5.60. The van der Waals surface area contributed by atoms with Gasteiger partial charge in [0.15, 0.2) is 0 Å². The van der Waals surface area contributed by atoms with Gasteiger partial charge in [0.2, 0.25) is 0 Å². The Morgan fingerprint density at radius 2 is 2.23 bits per heavy atom. The van der Waals surface area contributed by atoms with E-state index in [2.05, 4.69) is 11.2 Å². The summed E-state index contributed by atoms with van der Waals surface area (Å²) < 4.78 is 4.71. The first-order valence-electron chi connectivity index (χ1n) is 3.81. The van der Waals surface area contributed by atoms with Crippen LogP contribution in [0.4, 0.5) is 0 Å². The molecule has 1 heterocycles. The Morgan fingerprint density at radius 1 is 1.31 bits per heavy atom. The van der Waals surface area contributed by atoms with E-state index in [1.807, 2.05) is 12.1 Å². The van der Waals surface area contributed by atoms with Gasteiger partial charge in [0.25, 0.3) is 0 Å². The van der Waals surface area contributed by atoms with Crippen molar-refractivity contribution >= 4 is 0 Å². The lowest BCUT2D eigenvalue weighted by atomic mass is 10.1. The summed E-state index contributed by atoms with van der Waals surface area (Å²) in [6.45, 7) is 0. The third-order valence-electron chi connectivity index (χ3n) is 1.73. The Morgan fingerprint density at radius 3 is 2.92 bits per heavy atom. The highest BCUT2D eigenvalue weighted by atomic mass is 16.5. The summed E-state index contributed by atoms with van der Waals surface area (Å²) in [6.07, 6.45) is 1.51. The summed E-state index contributed by atoms with van der Waals surface area (Å²) in [4.78, 5) is 0. The quantitative estimate of drug-likeness (QED) is 0.659. The van der Waals surface area contributed by atoms with Crippen molar-refractivity contribution in [3.05, 3.63) is 42.2 Å². The summed E-state index contributed by atoms with van der Waals surface area (Å²) in [5.74, 6) is 0. The summed E-state index contributed by atoms with van der Waals surface area (Å²) in [6, 6.07) is 11.1. The van der Waals surface area contributed by atoms with Gasteiger partial charge in [-0.1, -0.05) is 17.3 Å². The fraction of sp³-hybridized carbons (Fsp3) is 0. The third-order valence-corrected chi connectivity index (χ3v) is 1.73. The lowest BCUT2D eigenvalue weighted by Crippen LogP contribution is -1.78. The summed E-state index contributed by atoms with van der Waals surface area (Å²) in [7, 11) is 0. The van der Waals surface area contributed by atoms with E-state index in [1.54, 1.807) is 18.2 Å². The Hall–Kier alpha value is -2.08. The molecule has 2 rings (SSSR count). The third kappa shape index (κ3) is 1.42. The number of hydrogen-bond donors (Lipinski definition) is 0. The average molecular weight is 170 g/mol. The van der Waals surface area contributed by atoms with Crippen LogP contribution in [0.15, 0.2) is 41.1 Å². The van der Waals surface area contributed by atoms with Crippen LogP contribution in [0, 0.1) is 11.3 Å². The maximum absolute atomic E-state index is 8.67. The van der Waals surface area contributed by atoms with Gasteiger partial charge in [0.05, 0.1) is 11.6 Å². The molecule has 2 aromatic rings. The molecule has 0 amide bonds. The molecule has 3 nitrogen and oxygen atoms in total. The van der Waals surface area contributed by atoms with Gasteiger partial charge in [-0.25, -0.2) is 0 Å². The van der Waals surface area contributed by atoms with E-state index in [4.69, 9.17) is 9.78 Å². The van der Waals surface area contributed by atoms with E-state index in [1.165, 1.54) is 6.26 Å². The van der Waals surface area contributed by atoms with Crippen LogP contribution >= 0.6 is 0 Å². The first-order valence-corrected chi connectivity index (χ1v) is 3.81. The number of benzene rings is 1. The van der Waals surface area contributed by atoms with Crippen LogP contribution in [0.1, 0.15) is 5.56 Å². The highest BCUT2D eigenvalue weighted by Crippen LogP contribution is 2.17. The van der Waals surface area contributed by atoms with Crippen LogP contribution in [-0.4, -0.2) is 5.16 Å². The van der Waals surface area contributed by atoms with Crippen molar-refractivity contribution in [2.75, 3.05) is 0 Å². The molecule has 0 saturated heterocycles. The fourth-order valence-electron chi connectivity index (χ4n) is 1.11. The number of aromatic nitrogens is 1. The van der Waals surface area contributed by atoms with Gasteiger partial charge in [0, 0.05) is 11.6 Å². The molecule has 0 unspecified atom stereocenters. The van der Waals surface area contributed by atoms with E-state index in [9.17, 15) is 0 Å². The van der Waals surface area contributed by atoms with Crippen LogP contribution < -0.4 is 0 Å². The zero-order valence-electron chi connectivity index (χ0n) is 6.77. The molecular formula is C10H6N2O. The van der Waals surface area contributed by atoms with Crippen LogP contribution in [0.3, 0.4) is 0 Å². The van der Waals surface area contributed by atoms with Gasteiger partial charge < -0.3 is 4.52 Å². The van der Waals surface area contributed by atoms with Crippen LogP contribution in [-0.2, 0) is 0 Å². The molecule has 0 aliphatic rings. The molecule has 13 heavy (non-hydrogen) atoms. The number of hydrogen-bond acceptors (Lipinski definition) is 3. The van der Waals surface area contributed by atoms with Crippen LogP contribution in [0.5, 0.6) is 0 Å². The van der Waals surface area contributed by atoms with Gasteiger partial charge >= 0.3 is 0 Å². The van der Waals surface area contributed by atoms with E-state index < -0.39 is 0 Å². The number of nitriles is 1. The number of nitrogens with zero attached hydrogens (tertiary/aromatic N) is 2. The maximum atomic E-state index is 8.67. The van der Waals surface area contributed by atoms with Crippen molar-refractivity contribution in [2.45, 2.75) is 0 Å². The molecule has 0 atom stereocenters. The van der Waals surface area contributed by atoms with E-state index in [-0.39, 0.29) is 0 Å². The zero-order chi connectivity index (χ0) is 9.10. The molecule has 3 heteroatoms. The van der Waals surface area contributed by atoms with Gasteiger partial charge in [-0.15, -0.1) is 0 Å². The topological polar surface area (TPSA) is 49.8 Å². The van der Waals surface area contributed by atoms with E-state index in [0.717, 1.165) is 11.3 Å². The second-order valence-corrected chi connectivity index (χ2v) is 2.58.